The summed E-state index contributed by atoms with van der Waals surface area (Å²) in [5.74, 6) is -0.0124. The molecular weight excluding hydrogens is 204 g/mol. The van der Waals surface area contributed by atoms with Crippen LogP contribution in [0.3, 0.4) is 0 Å². The van der Waals surface area contributed by atoms with Gasteiger partial charge in [-0.1, -0.05) is 0 Å². The molecule has 0 atom stereocenters. The van der Waals surface area contributed by atoms with Crippen molar-refractivity contribution < 1.29 is 4.79 Å². The zero-order chi connectivity index (χ0) is 12.0. The molecule has 1 aromatic heterocycles. The largest absolute Gasteiger partial charge is 0.350 e. The van der Waals surface area contributed by atoms with Gasteiger partial charge < -0.3 is 10.6 Å². The van der Waals surface area contributed by atoms with E-state index in [-0.39, 0.29) is 11.4 Å². The lowest BCUT2D eigenvalue weighted by molar-refractivity contribution is -0.121. The van der Waals surface area contributed by atoms with Crippen molar-refractivity contribution in [3.8, 4) is 0 Å². The Labute approximate surface area is 95.7 Å². The molecule has 0 aromatic carbocycles. The van der Waals surface area contributed by atoms with Crippen molar-refractivity contribution in [1.29, 1.82) is 0 Å². The van der Waals surface area contributed by atoms with Crippen molar-refractivity contribution in [1.82, 2.24) is 20.6 Å². The maximum Gasteiger partial charge on any atom is 0.234 e. The number of carbonyl (C=O) groups is 1. The van der Waals surface area contributed by atoms with Gasteiger partial charge in [-0.15, -0.1) is 0 Å². The third kappa shape index (κ3) is 5.41. The van der Waals surface area contributed by atoms with E-state index in [1.165, 1.54) is 6.33 Å². The first-order valence-electron chi connectivity index (χ1n) is 5.24. The Bertz CT molecular complexity index is 332. The Balaban J connectivity index is 2.24. The second-order valence-corrected chi connectivity index (χ2v) is 4.60. The van der Waals surface area contributed by atoms with Crippen LogP contribution in [0.15, 0.2) is 18.6 Å². The summed E-state index contributed by atoms with van der Waals surface area (Å²) in [4.78, 5) is 19.3. The Kier molecular flexibility index (Phi) is 4.37. The van der Waals surface area contributed by atoms with Gasteiger partial charge in [0.2, 0.25) is 5.91 Å². The van der Waals surface area contributed by atoms with Crippen LogP contribution in [0.5, 0.6) is 0 Å². The first-order valence-corrected chi connectivity index (χ1v) is 5.24. The van der Waals surface area contributed by atoms with Crippen molar-refractivity contribution in [3.05, 3.63) is 24.3 Å². The molecule has 0 saturated carbocycles. The Morgan fingerprint density at radius 2 is 2.19 bits per heavy atom. The van der Waals surface area contributed by atoms with Gasteiger partial charge in [0.15, 0.2) is 0 Å². The SMILES string of the molecule is CC(C)(C)NC(=O)CNCc1ccncn1. The smallest absolute Gasteiger partial charge is 0.234 e. The minimum absolute atomic E-state index is 0.0124. The van der Waals surface area contributed by atoms with E-state index in [0.717, 1.165) is 5.69 Å². The standard InChI is InChI=1S/C11H18N4O/c1-11(2,3)15-10(16)7-13-6-9-4-5-12-8-14-9/h4-5,8,13H,6-7H2,1-3H3,(H,15,16). The first-order chi connectivity index (χ1) is 7.47. The van der Waals surface area contributed by atoms with Crippen molar-refractivity contribution in [2.24, 2.45) is 0 Å². The number of hydrogen-bond donors (Lipinski definition) is 2. The minimum Gasteiger partial charge on any atom is -0.350 e. The number of nitrogens with zero attached hydrogens (tertiary/aromatic N) is 2. The van der Waals surface area contributed by atoms with Crippen LogP contribution in [-0.4, -0.2) is 28.0 Å². The van der Waals surface area contributed by atoms with Gasteiger partial charge in [-0.25, -0.2) is 9.97 Å². The number of aromatic nitrogens is 2. The molecule has 16 heavy (non-hydrogen) atoms. The Hall–Kier alpha value is -1.49. The Morgan fingerprint density at radius 1 is 1.44 bits per heavy atom. The molecule has 1 aromatic rings. The monoisotopic (exact) mass is 222 g/mol. The van der Waals surface area contributed by atoms with Crippen molar-refractivity contribution in [2.45, 2.75) is 32.9 Å². The molecule has 0 spiro atoms. The van der Waals surface area contributed by atoms with Gasteiger partial charge in [0.05, 0.1) is 12.2 Å². The fourth-order valence-corrected chi connectivity index (χ4v) is 1.19. The lowest BCUT2D eigenvalue weighted by Gasteiger charge is -2.20. The predicted molar refractivity (Wildman–Crippen MR) is 61.6 cm³/mol. The van der Waals surface area contributed by atoms with E-state index >= 15 is 0 Å². The summed E-state index contributed by atoms with van der Waals surface area (Å²) >= 11 is 0. The zero-order valence-corrected chi connectivity index (χ0v) is 9.95. The summed E-state index contributed by atoms with van der Waals surface area (Å²) in [7, 11) is 0. The van der Waals surface area contributed by atoms with Gasteiger partial charge in [0.25, 0.3) is 0 Å². The van der Waals surface area contributed by atoms with E-state index in [1.807, 2.05) is 26.8 Å². The molecule has 0 aliphatic rings. The Morgan fingerprint density at radius 3 is 2.75 bits per heavy atom. The van der Waals surface area contributed by atoms with Gasteiger partial charge in [-0.3, -0.25) is 4.79 Å². The maximum atomic E-state index is 11.4. The quantitative estimate of drug-likeness (QED) is 0.777. The van der Waals surface area contributed by atoms with E-state index in [9.17, 15) is 4.79 Å². The summed E-state index contributed by atoms with van der Waals surface area (Å²) in [6, 6.07) is 1.81. The first kappa shape index (κ1) is 12.6. The molecule has 0 unspecified atom stereocenters. The number of rotatable bonds is 4. The van der Waals surface area contributed by atoms with Gasteiger partial charge in [0.1, 0.15) is 6.33 Å². The van der Waals surface area contributed by atoms with Crippen molar-refractivity contribution in [2.75, 3.05) is 6.54 Å². The van der Waals surface area contributed by atoms with Gasteiger partial charge in [0, 0.05) is 18.3 Å². The molecule has 0 radical (unpaired) electrons. The average Bonchev–Trinajstić information content (AvgIpc) is 2.16. The molecule has 5 heteroatoms. The normalized spacial score (nSPS) is 11.2. The number of nitrogens with one attached hydrogen (secondary N) is 2. The predicted octanol–water partition coefficient (Wildman–Crippen LogP) is 0.481. The van der Waals surface area contributed by atoms with E-state index in [1.54, 1.807) is 6.20 Å². The van der Waals surface area contributed by atoms with Crippen LogP contribution in [-0.2, 0) is 11.3 Å². The van der Waals surface area contributed by atoms with Crippen molar-refractivity contribution in [3.63, 3.8) is 0 Å². The molecule has 1 rings (SSSR count). The molecule has 0 aliphatic carbocycles. The van der Waals surface area contributed by atoms with Crippen LogP contribution in [0, 0.1) is 0 Å². The molecule has 5 nitrogen and oxygen atoms in total. The van der Waals surface area contributed by atoms with Gasteiger partial charge in [-0.05, 0) is 26.8 Å². The summed E-state index contributed by atoms with van der Waals surface area (Å²) < 4.78 is 0. The van der Waals surface area contributed by atoms with Crippen LogP contribution < -0.4 is 10.6 Å². The minimum atomic E-state index is -0.187. The molecule has 1 amide bonds. The number of amides is 1. The molecule has 0 saturated heterocycles. The lowest BCUT2D eigenvalue weighted by atomic mass is 10.1. The van der Waals surface area contributed by atoms with Crippen LogP contribution in [0.2, 0.25) is 0 Å². The molecule has 0 bridgehead atoms. The summed E-state index contributed by atoms with van der Waals surface area (Å²) in [5.41, 5.74) is 0.687. The summed E-state index contributed by atoms with van der Waals surface area (Å²) in [6.45, 7) is 6.72. The van der Waals surface area contributed by atoms with Gasteiger partial charge in [-0.2, -0.15) is 0 Å². The molecule has 2 N–H and O–H groups in total. The third-order valence-electron chi connectivity index (χ3n) is 1.75. The lowest BCUT2D eigenvalue weighted by Crippen LogP contribution is -2.44. The number of carbonyl (C=O) groups excluding carboxylic acids is 1. The summed E-state index contributed by atoms with van der Waals surface area (Å²) in [5, 5.41) is 5.89. The van der Waals surface area contributed by atoms with E-state index < -0.39 is 0 Å². The topological polar surface area (TPSA) is 66.9 Å². The molecule has 88 valence electrons. The van der Waals surface area contributed by atoms with E-state index in [4.69, 9.17) is 0 Å². The highest BCUT2D eigenvalue weighted by Gasteiger charge is 2.12. The molecule has 0 fully saturated rings. The van der Waals surface area contributed by atoms with Crippen molar-refractivity contribution >= 4 is 5.91 Å². The highest BCUT2D eigenvalue weighted by molar-refractivity contribution is 5.78. The highest BCUT2D eigenvalue weighted by atomic mass is 16.2. The van der Waals surface area contributed by atoms with E-state index in [0.29, 0.717) is 13.1 Å². The van der Waals surface area contributed by atoms with Crippen LogP contribution in [0.1, 0.15) is 26.5 Å². The third-order valence-corrected chi connectivity index (χ3v) is 1.75. The zero-order valence-electron chi connectivity index (χ0n) is 9.95. The van der Waals surface area contributed by atoms with Crippen LogP contribution in [0.25, 0.3) is 0 Å². The summed E-state index contributed by atoms with van der Waals surface area (Å²) in [6.07, 6.45) is 3.17. The van der Waals surface area contributed by atoms with Crippen LogP contribution in [0.4, 0.5) is 0 Å². The second-order valence-electron chi connectivity index (χ2n) is 4.60. The average molecular weight is 222 g/mol. The van der Waals surface area contributed by atoms with Gasteiger partial charge >= 0.3 is 0 Å². The molecular formula is C11H18N4O. The number of hydrogen-bond acceptors (Lipinski definition) is 4. The second kappa shape index (κ2) is 5.55. The van der Waals surface area contributed by atoms with Crippen LogP contribution >= 0.6 is 0 Å². The fourth-order valence-electron chi connectivity index (χ4n) is 1.19. The molecule has 1 heterocycles. The molecule has 0 aliphatic heterocycles. The van der Waals surface area contributed by atoms with E-state index in [2.05, 4.69) is 20.6 Å². The maximum absolute atomic E-state index is 11.4. The highest BCUT2D eigenvalue weighted by Crippen LogP contribution is 1.97. The fraction of sp³-hybridized carbons (Fsp3) is 0.545.